The minimum absolute atomic E-state index is 0.00423. The van der Waals surface area contributed by atoms with E-state index in [0.29, 0.717) is 18.8 Å². The van der Waals surface area contributed by atoms with Crippen molar-refractivity contribution in [3.63, 3.8) is 0 Å². The fraction of sp³-hybridized carbons (Fsp3) is 0.767. The predicted octanol–water partition coefficient (Wildman–Crippen LogP) is 5.50. The number of aliphatic hydroxyl groups is 1. The van der Waals surface area contributed by atoms with E-state index in [1.807, 2.05) is 0 Å². The summed E-state index contributed by atoms with van der Waals surface area (Å²) in [6, 6.07) is 0. The molecule has 2 N–H and O–H groups in total. The summed E-state index contributed by atoms with van der Waals surface area (Å²) in [4.78, 5) is 38.1. The fourth-order valence-electron chi connectivity index (χ4n) is 9.19. The van der Waals surface area contributed by atoms with Gasteiger partial charge in [-0.3, -0.25) is 4.79 Å². The third kappa shape index (κ3) is 3.77. The predicted molar refractivity (Wildman–Crippen MR) is 137 cm³/mol. The molecule has 9 heteroatoms. The van der Waals surface area contributed by atoms with Crippen LogP contribution in [0.5, 0.6) is 0 Å². The van der Waals surface area contributed by atoms with Crippen LogP contribution in [0.1, 0.15) is 79.1 Å². The van der Waals surface area contributed by atoms with Gasteiger partial charge in [0.1, 0.15) is 12.3 Å². The summed E-state index contributed by atoms with van der Waals surface area (Å²) < 4.78 is 44.4. The highest BCUT2D eigenvalue weighted by Crippen LogP contribution is 2.71. The second-order valence-electron chi connectivity index (χ2n) is 13.1. The average Bonchev–Trinajstić information content (AvgIpc) is 3.09. The normalized spacial score (nSPS) is 48.8. The average molecular weight is 551 g/mol. The Bertz CT molecular complexity index is 1110. The number of carboxylic acids is 1. The van der Waals surface area contributed by atoms with Crippen LogP contribution in [-0.2, 0) is 19.1 Å². The number of hydrogen-bond acceptors (Lipinski definition) is 6. The molecule has 216 valence electrons. The topological polar surface area (TPSA) is 110 Å². The largest absolute Gasteiger partial charge is 0.509 e. The lowest BCUT2D eigenvalue weighted by molar-refractivity contribution is -0.232. The van der Waals surface area contributed by atoms with E-state index in [2.05, 4.69) is 6.92 Å². The number of aliphatic carboxylic acids is 1. The van der Waals surface area contributed by atoms with Crippen LogP contribution in [0.2, 0.25) is 0 Å². The van der Waals surface area contributed by atoms with Crippen LogP contribution in [0, 0.1) is 34.5 Å². The molecule has 1 unspecified atom stereocenters. The first-order valence-electron chi connectivity index (χ1n) is 14.3. The van der Waals surface area contributed by atoms with Crippen LogP contribution in [-0.4, -0.2) is 57.8 Å². The first-order chi connectivity index (χ1) is 18.2. The van der Waals surface area contributed by atoms with Crippen molar-refractivity contribution in [1.82, 2.24) is 0 Å². The maximum absolute atomic E-state index is 17.4. The lowest BCUT2D eigenvalue weighted by atomic mass is 9.44. The van der Waals surface area contributed by atoms with Crippen molar-refractivity contribution in [2.75, 3.05) is 0 Å². The molecule has 0 bridgehead atoms. The molecule has 0 heterocycles. The highest BCUT2D eigenvalue weighted by molar-refractivity contribution is 6.01. The van der Waals surface area contributed by atoms with Crippen LogP contribution >= 0.6 is 0 Å². The summed E-state index contributed by atoms with van der Waals surface area (Å²) in [5.41, 5.74) is -7.38. The molecule has 0 amide bonds. The highest BCUT2D eigenvalue weighted by Gasteiger charge is 2.78. The van der Waals surface area contributed by atoms with Gasteiger partial charge in [0.2, 0.25) is 5.60 Å². The molecule has 4 saturated carbocycles. The standard InChI is InChI=1S/C30H40F2O7/c1-5-17-6-8-19(9-7-17)38-26(37)39-30(25(35)36)16(2)12-20-21-14-23(31)22-13-18(33)10-11-27(22,3)29(21,32)24(34)15-28(20,30)4/h10-11,13,16-17,19-21,23-24,34H,5-9,12,14-15H2,1-4H3,(H,35,36)/t16-,17?,19?,20+,21+,23+,24+,27+,28+,29?,30-/m1/s1. The molecule has 0 aromatic rings. The number of hydrogen-bond donors (Lipinski definition) is 2. The minimum Gasteiger partial charge on any atom is -0.478 e. The molecule has 0 aromatic heterocycles. The number of rotatable bonds is 4. The summed E-state index contributed by atoms with van der Waals surface area (Å²) in [7, 11) is 0. The summed E-state index contributed by atoms with van der Waals surface area (Å²) in [6.45, 7) is 6.88. The zero-order valence-electron chi connectivity index (χ0n) is 23.1. The molecule has 0 saturated heterocycles. The SMILES string of the molecule is CCC1CCC(OC(=O)O[C@@]2(C(=O)O)[C@H](C)C[C@H]3[C@@H]4C[C@H](F)C5=CC(=O)C=C[C@]5(C)C4(F)[C@@H](O)C[C@@]32C)CC1. The number of halogens is 2. The minimum atomic E-state index is -2.34. The van der Waals surface area contributed by atoms with Crippen LogP contribution in [0.15, 0.2) is 23.8 Å². The Morgan fingerprint density at radius 2 is 1.79 bits per heavy atom. The van der Waals surface area contributed by atoms with Crippen molar-refractivity contribution in [2.45, 2.75) is 109 Å². The number of carbonyl (C=O) groups is 3. The lowest BCUT2D eigenvalue weighted by Crippen LogP contribution is -2.71. The van der Waals surface area contributed by atoms with Crippen molar-refractivity contribution in [3.05, 3.63) is 23.8 Å². The molecule has 5 aliphatic carbocycles. The van der Waals surface area contributed by atoms with Gasteiger partial charge in [0.15, 0.2) is 11.5 Å². The van der Waals surface area contributed by atoms with Crippen molar-refractivity contribution in [3.8, 4) is 0 Å². The van der Waals surface area contributed by atoms with E-state index in [9.17, 15) is 24.6 Å². The van der Waals surface area contributed by atoms with Gasteiger partial charge in [-0.1, -0.05) is 33.3 Å². The molecule has 5 rings (SSSR count). The summed E-state index contributed by atoms with van der Waals surface area (Å²) >= 11 is 0. The maximum atomic E-state index is 17.4. The highest BCUT2D eigenvalue weighted by atomic mass is 19.1. The Balaban J connectivity index is 1.47. The summed E-state index contributed by atoms with van der Waals surface area (Å²) in [5.74, 6) is -3.74. The van der Waals surface area contributed by atoms with Crippen molar-refractivity contribution in [1.29, 1.82) is 0 Å². The third-order valence-electron chi connectivity index (χ3n) is 11.4. The van der Waals surface area contributed by atoms with Gasteiger partial charge < -0.3 is 19.7 Å². The van der Waals surface area contributed by atoms with Crippen LogP contribution in [0.4, 0.5) is 13.6 Å². The maximum Gasteiger partial charge on any atom is 0.509 e. The number of ether oxygens (including phenoxy) is 2. The Labute approximate surface area is 228 Å². The van der Waals surface area contributed by atoms with E-state index in [-0.39, 0.29) is 30.9 Å². The fourth-order valence-corrected chi connectivity index (χ4v) is 9.19. The lowest BCUT2D eigenvalue weighted by Gasteiger charge is -2.62. The van der Waals surface area contributed by atoms with Gasteiger partial charge in [0.25, 0.3) is 0 Å². The molecule has 0 aromatic carbocycles. The van der Waals surface area contributed by atoms with Crippen molar-refractivity contribution >= 4 is 17.9 Å². The second-order valence-corrected chi connectivity index (χ2v) is 13.1. The van der Waals surface area contributed by atoms with Crippen LogP contribution < -0.4 is 0 Å². The molecular weight excluding hydrogens is 510 g/mol. The molecule has 39 heavy (non-hydrogen) atoms. The summed E-state index contributed by atoms with van der Waals surface area (Å²) in [5, 5.41) is 22.1. The van der Waals surface area contributed by atoms with Gasteiger partial charge in [0, 0.05) is 22.7 Å². The number of fused-ring (bicyclic) bond motifs is 5. The van der Waals surface area contributed by atoms with Crippen molar-refractivity contribution in [2.24, 2.45) is 34.5 Å². The van der Waals surface area contributed by atoms with E-state index in [4.69, 9.17) is 9.47 Å². The Kier molecular flexibility index (Phi) is 6.80. The van der Waals surface area contributed by atoms with Crippen LogP contribution in [0.25, 0.3) is 0 Å². The monoisotopic (exact) mass is 550 g/mol. The van der Waals surface area contributed by atoms with Gasteiger partial charge in [-0.05, 0) is 81.4 Å². The molecule has 7 nitrogen and oxygen atoms in total. The molecule has 9 atom stereocenters. The third-order valence-corrected chi connectivity index (χ3v) is 11.4. The van der Waals surface area contributed by atoms with E-state index in [0.717, 1.165) is 25.3 Å². The van der Waals surface area contributed by atoms with Crippen molar-refractivity contribution < 1.29 is 42.9 Å². The quantitative estimate of drug-likeness (QED) is 0.445. The van der Waals surface area contributed by atoms with Gasteiger partial charge in [0.05, 0.1) is 6.10 Å². The second kappa shape index (κ2) is 9.38. The zero-order chi connectivity index (χ0) is 28.5. The molecule has 0 radical (unpaired) electrons. The van der Waals surface area contributed by atoms with E-state index in [1.165, 1.54) is 19.1 Å². The number of carboxylic acid groups (broad SMARTS) is 1. The zero-order valence-corrected chi connectivity index (χ0v) is 23.1. The molecule has 5 aliphatic rings. The van der Waals surface area contributed by atoms with E-state index >= 15 is 8.78 Å². The van der Waals surface area contributed by atoms with Crippen LogP contribution in [0.3, 0.4) is 0 Å². The molecule has 0 spiro atoms. The first-order valence-corrected chi connectivity index (χ1v) is 14.3. The Hall–Kier alpha value is -2.29. The van der Waals surface area contributed by atoms with Gasteiger partial charge in [-0.15, -0.1) is 0 Å². The van der Waals surface area contributed by atoms with Gasteiger partial charge in [-0.25, -0.2) is 18.4 Å². The van der Waals surface area contributed by atoms with E-state index < -0.39 is 70.0 Å². The molecule has 0 aliphatic heterocycles. The first kappa shape index (κ1) is 28.2. The smallest absolute Gasteiger partial charge is 0.478 e. The number of aliphatic hydroxyl groups excluding tert-OH is 1. The number of ketones is 1. The number of alkyl halides is 2. The molecular formula is C30H40F2O7. The Morgan fingerprint density at radius 1 is 1.13 bits per heavy atom. The molecule has 4 fully saturated rings. The van der Waals surface area contributed by atoms with Gasteiger partial charge >= 0.3 is 12.1 Å². The summed E-state index contributed by atoms with van der Waals surface area (Å²) in [6.07, 6.45) is 2.72. The van der Waals surface area contributed by atoms with Gasteiger partial charge in [-0.2, -0.15) is 0 Å². The Morgan fingerprint density at radius 3 is 2.41 bits per heavy atom. The number of allylic oxidation sites excluding steroid dienone is 4. The number of carbonyl (C=O) groups excluding carboxylic acids is 2. The van der Waals surface area contributed by atoms with E-state index in [1.54, 1.807) is 13.8 Å².